The number of carbonyl (C=O) groups is 2. The van der Waals surface area contributed by atoms with E-state index >= 15 is 0 Å². The van der Waals surface area contributed by atoms with Gasteiger partial charge >= 0.3 is 11.9 Å². The lowest BCUT2D eigenvalue weighted by atomic mass is 10.2. The molecule has 0 aliphatic rings. The molecule has 6 heteroatoms. The maximum absolute atomic E-state index is 11.6. The first-order chi connectivity index (χ1) is 10.0. The summed E-state index contributed by atoms with van der Waals surface area (Å²) in [6.45, 7) is -0.265. The van der Waals surface area contributed by atoms with Crippen molar-refractivity contribution in [2.45, 2.75) is 0 Å². The van der Waals surface area contributed by atoms with E-state index in [1.54, 1.807) is 24.3 Å². The van der Waals surface area contributed by atoms with Gasteiger partial charge in [-0.2, -0.15) is 0 Å². The summed E-state index contributed by atoms with van der Waals surface area (Å²) in [7, 11) is 0. The van der Waals surface area contributed by atoms with E-state index in [9.17, 15) is 9.59 Å². The molecule has 0 saturated carbocycles. The highest BCUT2D eigenvalue weighted by Gasteiger charge is 2.09. The van der Waals surface area contributed by atoms with Crippen LogP contribution in [0.4, 0.5) is 0 Å². The average Bonchev–Trinajstić information content (AvgIpc) is 2.47. The van der Waals surface area contributed by atoms with Gasteiger partial charge in [-0.15, -0.1) is 0 Å². The summed E-state index contributed by atoms with van der Waals surface area (Å²) in [5.41, 5.74) is 0.0501. The highest BCUT2D eigenvalue weighted by atomic mass is 79.9. The molecule has 5 nitrogen and oxygen atoms in total. The largest absolute Gasteiger partial charge is 0.482 e. The number of carboxylic acids is 1. The molecule has 0 aromatic heterocycles. The highest BCUT2D eigenvalue weighted by Crippen LogP contribution is 2.17. The van der Waals surface area contributed by atoms with Crippen molar-refractivity contribution in [3.63, 3.8) is 0 Å². The molecule has 0 aliphatic heterocycles. The molecule has 0 unspecified atom stereocenters. The zero-order valence-electron chi connectivity index (χ0n) is 10.8. The Bertz CT molecular complexity index is 651. The SMILES string of the molecule is O=C(COc1ccc(Br)cc1)Oc1cccc(C(=O)O)c1. The summed E-state index contributed by atoms with van der Waals surface area (Å²) in [5.74, 6) is -0.992. The topological polar surface area (TPSA) is 72.8 Å². The number of hydrogen-bond acceptors (Lipinski definition) is 4. The molecule has 21 heavy (non-hydrogen) atoms. The Labute approximate surface area is 129 Å². The van der Waals surface area contributed by atoms with Gasteiger partial charge in [0.15, 0.2) is 6.61 Å². The number of ether oxygens (including phenoxy) is 2. The van der Waals surface area contributed by atoms with Crippen LogP contribution in [0.15, 0.2) is 53.0 Å². The maximum atomic E-state index is 11.6. The molecule has 0 spiro atoms. The quantitative estimate of drug-likeness (QED) is 0.662. The fourth-order valence-corrected chi connectivity index (χ4v) is 1.79. The standard InChI is InChI=1S/C15H11BrO5/c16-11-4-6-12(7-5-11)20-9-14(17)21-13-3-1-2-10(8-13)15(18)19/h1-8H,9H2,(H,18,19). The molecule has 0 aliphatic carbocycles. The summed E-state index contributed by atoms with van der Waals surface area (Å²) in [6.07, 6.45) is 0. The van der Waals surface area contributed by atoms with Crippen LogP contribution >= 0.6 is 15.9 Å². The fourth-order valence-electron chi connectivity index (χ4n) is 1.53. The van der Waals surface area contributed by atoms with E-state index < -0.39 is 11.9 Å². The molecule has 0 radical (unpaired) electrons. The normalized spacial score (nSPS) is 9.95. The zero-order chi connectivity index (χ0) is 15.2. The van der Waals surface area contributed by atoms with Crippen molar-refractivity contribution in [2.75, 3.05) is 6.61 Å². The molecule has 2 rings (SSSR count). The van der Waals surface area contributed by atoms with Gasteiger partial charge in [0.25, 0.3) is 0 Å². The summed E-state index contributed by atoms with van der Waals surface area (Å²) in [5, 5.41) is 8.85. The molecule has 0 atom stereocenters. The van der Waals surface area contributed by atoms with Gasteiger partial charge in [-0.05, 0) is 42.5 Å². The van der Waals surface area contributed by atoms with Crippen LogP contribution in [0.2, 0.25) is 0 Å². The Hall–Kier alpha value is -2.34. The lowest BCUT2D eigenvalue weighted by Gasteiger charge is -2.07. The van der Waals surface area contributed by atoms with Crippen LogP contribution in [0.1, 0.15) is 10.4 Å². The molecule has 108 valence electrons. The monoisotopic (exact) mass is 350 g/mol. The van der Waals surface area contributed by atoms with E-state index in [1.165, 1.54) is 24.3 Å². The van der Waals surface area contributed by atoms with Gasteiger partial charge < -0.3 is 14.6 Å². The van der Waals surface area contributed by atoms with E-state index in [0.29, 0.717) is 5.75 Å². The lowest BCUT2D eigenvalue weighted by Crippen LogP contribution is -2.17. The molecule has 0 heterocycles. The number of hydrogen-bond donors (Lipinski definition) is 1. The maximum Gasteiger partial charge on any atom is 0.349 e. The number of halogens is 1. The minimum Gasteiger partial charge on any atom is -0.482 e. The number of carbonyl (C=O) groups excluding carboxylic acids is 1. The second-order valence-electron chi connectivity index (χ2n) is 4.05. The van der Waals surface area contributed by atoms with Crippen LogP contribution in [0, 0.1) is 0 Å². The highest BCUT2D eigenvalue weighted by molar-refractivity contribution is 9.10. The van der Waals surface area contributed by atoms with Gasteiger partial charge in [-0.1, -0.05) is 22.0 Å². The first kappa shape index (κ1) is 15.1. The lowest BCUT2D eigenvalue weighted by molar-refractivity contribution is -0.136. The van der Waals surface area contributed by atoms with Crippen molar-refractivity contribution >= 4 is 27.9 Å². The molecule has 2 aromatic carbocycles. The molecular formula is C15H11BrO5. The number of esters is 1. The molecule has 0 saturated heterocycles. The van der Waals surface area contributed by atoms with Crippen LogP contribution in [0.3, 0.4) is 0 Å². The van der Waals surface area contributed by atoms with E-state index in [2.05, 4.69) is 15.9 Å². The predicted octanol–water partition coefficient (Wildman–Crippen LogP) is 3.13. The number of benzene rings is 2. The summed E-state index contributed by atoms with van der Waals surface area (Å²) >= 11 is 3.29. The van der Waals surface area contributed by atoms with Crippen molar-refractivity contribution in [1.29, 1.82) is 0 Å². The second-order valence-corrected chi connectivity index (χ2v) is 4.97. The van der Waals surface area contributed by atoms with Crippen LogP contribution in [0.25, 0.3) is 0 Å². The number of rotatable bonds is 5. The Kier molecular flexibility index (Phi) is 4.94. The van der Waals surface area contributed by atoms with Gasteiger partial charge in [0.05, 0.1) is 5.56 Å². The van der Waals surface area contributed by atoms with Crippen LogP contribution in [-0.2, 0) is 4.79 Å². The Morgan fingerprint density at radius 2 is 1.76 bits per heavy atom. The first-order valence-corrected chi connectivity index (χ1v) is 6.76. The van der Waals surface area contributed by atoms with Gasteiger partial charge in [0, 0.05) is 4.47 Å². The summed E-state index contributed by atoms with van der Waals surface area (Å²) < 4.78 is 11.2. The number of carboxylic acid groups (broad SMARTS) is 1. The fraction of sp³-hybridized carbons (Fsp3) is 0.0667. The Morgan fingerprint density at radius 3 is 2.43 bits per heavy atom. The minimum atomic E-state index is -1.08. The summed E-state index contributed by atoms with van der Waals surface area (Å²) in [6, 6.07) is 12.7. The van der Waals surface area contributed by atoms with Crippen molar-refractivity contribution in [3.05, 3.63) is 58.6 Å². The zero-order valence-corrected chi connectivity index (χ0v) is 12.4. The van der Waals surface area contributed by atoms with Crippen molar-refractivity contribution in [3.8, 4) is 11.5 Å². The smallest absolute Gasteiger partial charge is 0.349 e. The summed E-state index contributed by atoms with van der Waals surface area (Å²) in [4.78, 5) is 22.4. The predicted molar refractivity (Wildman–Crippen MR) is 78.7 cm³/mol. The van der Waals surface area contributed by atoms with Crippen molar-refractivity contribution in [2.24, 2.45) is 0 Å². The molecule has 1 N–H and O–H groups in total. The van der Waals surface area contributed by atoms with E-state index in [1.807, 2.05) is 0 Å². The van der Waals surface area contributed by atoms with Gasteiger partial charge in [-0.25, -0.2) is 9.59 Å². The molecule has 2 aromatic rings. The third-order valence-electron chi connectivity index (χ3n) is 2.48. The molecular weight excluding hydrogens is 340 g/mol. The Balaban J connectivity index is 1.91. The third kappa shape index (κ3) is 4.61. The van der Waals surface area contributed by atoms with E-state index in [4.69, 9.17) is 14.6 Å². The van der Waals surface area contributed by atoms with E-state index in [0.717, 1.165) is 4.47 Å². The molecule has 0 bridgehead atoms. The van der Waals surface area contributed by atoms with Gasteiger partial charge in [0.2, 0.25) is 0 Å². The van der Waals surface area contributed by atoms with Crippen LogP contribution in [0.5, 0.6) is 11.5 Å². The third-order valence-corrected chi connectivity index (χ3v) is 3.01. The van der Waals surface area contributed by atoms with Crippen molar-refractivity contribution in [1.82, 2.24) is 0 Å². The van der Waals surface area contributed by atoms with Crippen LogP contribution < -0.4 is 9.47 Å². The minimum absolute atomic E-state index is 0.0501. The van der Waals surface area contributed by atoms with Crippen LogP contribution in [-0.4, -0.2) is 23.7 Å². The van der Waals surface area contributed by atoms with Gasteiger partial charge in [-0.3, -0.25) is 0 Å². The second kappa shape index (κ2) is 6.90. The number of aromatic carboxylic acids is 1. The van der Waals surface area contributed by atoms with Crippen molar-refractivity contribution < 1.29 is 24.2 Å². The first-order valence-electron chi connectivity index (χ1n) is 5.97. The molecule has 0 fully saturated rings. The average molecular weight is 351 g/mol. The van der Waals surface area contributed by atoms with Gasteiger partial charge in [0.1, 0.15) is 11.5 Å². The Morgan fingerprint density at radius 1 is 1.05 bits per heavy atom. The molecule has 0 amide bonds. The van der Waals surface area contributed by atoms with E-state index in [-0.39, 0.29) is 17.9 Å².